The first kappa shape index (κ1) is 19.6. The zero-order valence-electron chi connectivity index (χ0n) is 15.3. The minimum Gasteiger partial charge on any atom is -0.490 e. The molecule has 2 aromatic carbocycles. The minimum absolute atomic E-state index is 0.100. The van der Waals surface area contributed by atoms with Gasteiger partial charge in [-0.05, 0) is 43.9 Å². The number of nitrogens with zero attached hydrogens (tertiary/aromatic N) is 1. The normalized spacial score (nSPS) is 15.4. The fourth-order valence-electron chi connectivity index (χ4n) is 2.90. The van der Waals surface area contributed by atoms with E-state index in [1.807, 2.05) is 19.0 Å². The number of nitrogens with one attached hydrogen (secondary N) is 1. The van der Waals surface area contributed by atoms with Gasteiger partial charge in [-0.25, -0.2) is 17.5 Å². The van der Waals surface area contributed by atoms with E-state index in [0.717, 1.165) is 6.42 Å². The molecular formula is C19H23FN2O4S. The Morgan fingerprint density at radius 2 is 1.85 bits per heavy atom. The molecule has 0 unspecified atom stereocenters. The third-order valence-electron chi connectivity index (χ3n) is 4.35. The van der Waals surface area contributed by atoms with E-state index in [0.29, 0.717) is 30.3 Å². The molecule has 1 aliphatic rings. The molecule has 146 valence electrons. The number of fused-ring (bicyclic) bond motifs is 1. The summed E-state index contributed by atoms with van der Waals surface area (Å²) in [6.07, 6.45) is 0.743. The fraction of sp³-hybridized carbons (Fsp3) is 0.368. The van der Waals surface area contributed by atoms with Gasteiger partial charge >= 0.3 is 0 Å². The smallest absolute Gasteiger partial charge is 0.240 e. The zero-order valence-corrected chi connectivity index (χ0v) is 16.1. The Hall–Kier alpha value is -2.16. The second-order valence-corrected chi connectivity index (χ2v) is 8.31. The highest BCUT2D eigenvalue weighted by molar-refractivity contribution is 7.89. The van der Waals surface area contributed by atoms with Gasteiger partial charge in [-0.2, -0.15) is 0 Å². The van der Waals surface area contributed by atoms with Gasteiger partial charge in [0.1, 0.15) is 5.82 Å². The van der Waals surface area contributed by atoms with E-state index >= 15 is 0 Å². The number of likely N-dealkylation sites (N-methyl/N-ethyl adjacent to an activating group) is 1. The van der Waals surface area contributed by atoms with Crippen molar-refractivity contribution in [1.82, 2.24) is 9.62 Å². The third kappa shape index (κ3) is 4.77. The highest BCUT2D eigenvalue weighted by Crippen LogP contribution is 2.32. The molecule has 0 fully saturated rings. The van der Waals surface area contributed by atoms with E-state index in [9.17, 15) is 12.8 Å². The van der Waals surface area contributed by atoms with Crippen LogP contribution < -0.4 is 14.2 Å². The molecule has 3 rings (SSSR count). The SMILES string of the molecule is CN(C)[C@H](CNS(=O)(=O)c1ccc2c(c1)OCCCO2)c1cccc(F)c1. The molecule has 0 saturated heterocycles. The van der Waals surface area contributed by atoms with Gasteiger partial charge in [0.25, 0.3) is 0 Å². The van der Waals surface area contributed by atoms with Crippen LogP contribution in [0, 0.1) is 5.82 Å². The molecule has 2 aromatic rings. The molecule has 0 aromatic heterocycles. The maximum Gasteiger partial charge on any atom is 0.240 e. The molecule has 27 heavy (non-hydrogen) atoms. The number of hydrogen-bond donors (Lipinski definition) is 1. The predicted molar refractivity (Wildman–Crippen MR) is 100 cm³/mol. The van der Waals surface area contributed by atoms with Crippen molar-refractivity contribution >= 4 is 10.0 Å². The lowest BCUT2D eigenvalue weighted by Gasteiger charge is -2.25. The summed E-state index contributed by atoms with van der Waals surface area (Å²) in [7, 11) is -0.125. The first-order valence-electron chi connectivity index (χ1n) is 8.68. The number of halogens is 1. The molecule has 0 spiro atoms. The first-order valence-corrected chi connectivity index (χ1v) is 10.2. The maximum atomic E-state index is 13.5. The average Bonchev–Trinajstić information content (AvgIpc) is 2.86. The maximum absolute atomic E-state index is 13.5. The monoisotopic (exact) mass is 394 g/mol. The summed E-state index contributed by atoms with van der Waals surface area (Å²) < 4.78 is 52.7. The van der Waals surface area contributed by atoms with Gasteiger partial charge in [-0.15, -0.1) is 0 Å². The van der Waals surface area contributed by atoms with Crippen molar-refractivity contribution in [3.63, 3.8) is 0 Å². The van der Waals surface area contributed by atoms with Crippen LogP contribution in [0.1, 0.15) is 18.0 Å². The lowest BCUT2D eigenvalue weighted by Crippen LogP contribution is -2.34. The summed E-state index contributed by atoms with van der Waals surface area (Å²) in [5.41, 5.74) is 0.696. The third-order valence-corrected chi connectivity index (χ3v) is 5.77. The number of benzene rings is 2. The molecular weight excluding hydrogens is 371 g/mol. The number of sulfonamides is 1. The Kier molecular flexibility index (Phi) is 5.98. The average molecular weight is 394 g/mol. The van der Waals surface area contributed by atoms with Crippen LogP contribution in [0.5, 0.6) is 11.5 Å². The summed E-state index contributed by atoms with van der Waals surface area (Å²) in [6, 6.07) is 10.4. The van der Waals surface area contributed by atoms with E-state index in [2.05, 4.69) is 4.72 Å². The predicted octanol–water partition coefficient (Wildman–Crippen LogP) is 2.57. The molecule has 8 heteroatoms. The van der Waals surface area contributed by atoms with Crippen molar-refractivity contribution < 1.29 is 22.3 Å². The van der Waals surface area contributed by atoms with Crippen LogP contribution in [0.3, 0.4) is 0 Å². The summed E-state index contributed by atoms with van der Waals surface area (Å²) in [6.45, 7) is 1.12. The van der Waals surface area contributed by atoms with Crippen LogP contribution >= 0.6 is 0 Å². The van der Waals surface area contributed by atoms with Gasteiger partial charge in [0.15, 0.2) is 11.5 Å². The van der Waals surface area contributed by atoms with Gasteiger partial charge in [0, 0.05) is 25.1 Å². The molecule has 0 bridgehead atoms. The second-order valence-electron chi connectivity index (χ2n) is 6.55. The topological polar surface area (TPSA) is 67.9 Å². The molecule has 1 heterocycles. The van der Waals surface area contributed by atoms with Crippen molar-refractivity contribution in [3.05, 3.63) is 53.8 Å². The van der Waals surface area contributed by atoms with Crippen LogP contribution in [0.25, 0.3) is 0 Å². The molecule has 1 aliphatic heterocycles. The quantitative estimate of drug-likeness (QED) is 0.816. The number of hydrogen-bond acceptors (Lipinski definition) is 5. The second kappa shape index (κ2) is 8.24. The van der Waals surface area contributed by atoms with Crippen molar-refractivity contribution in [2.45, 2.75) is 17.4 Å². The van der Waals surface area contributed by atoms with E-state index < -0.39 is 10.0 Å². The van der Waals surface area contributed by atoms with Crippen molar-refractivity contribution in [1.29, 1.82) is 0 Å². The van der Waals surface area contributed by atoms with E-state index in [1.165, 1.54) is 24.3 Å². The van der Waals surface area contributed by atoms with Gasteiger partial charge in [0.05, 0.1) is 18.1 Å². The molecule has 6 nitrogen and oxygen atoms in total. The van der Waals surface area contributed by atoms with Crippen molar-refractivity contribution in [2.75, 3.05) is 33.9 Å². The molecule has 0 saturated carbocycles. The van der Waals surface area contributed by atoms with Crippen LogP contribution in [0.15, 0.2) is 47.4 Å². The highest BCUT2D eigenvalue weighted by atomic mass is 32.2. The fourth-order valence-corrected chi connectivity index (χ4v) is 3.95. The highest BCUT2D eigenvalue weighted by Gasteiger charge is 2.22. The summed E-state index contributed by atoms with van der Waals surface area (Å²) in [4.78, 5) is 1.94. The van der Waals surface area contributed by atoms with Crippen LogP contribution in [0.2, 0.25) is 0 Å². The van der Waals surface area contributed by atoms with E-state index in [-0.39, 0.29) is 23.3 Å². The molecule has 1 N–H and O–H groups in total. The van der Waals surface area contributed by atoms with Crippen LogP contribution in [-0.4, -0.2) is 47.2 Å². The molecule has 0 aliphatic carbocycles. The summed E-state index contributed by atoms with van der Waals surface area (Å²) in [5, 5.41) is 0. The Morgan fingerprint density at radius 1 is 1.11 bits per heavy atom. The van der Waals surface area contributed by atoms with Gasteiger partial charge < -0.3 is 14.4 Å². The standard InChI is InChI=1S/C19H23FN2O4S/c1-22(2)17(14-5-3-6-15(20)11-14)13-21-27(23,24)16-7-8-18-19(12-16)26-10-4-9-25-18/h3,5-8,11-12,17,21H,4,9-10,13H2,1-2H3/t17-/m1/s1. The number of ether oxygens (including phenoxy) is 2. The Bertz CT molecular complexity index is 902. The molecule has 1 atom stereocenters. The molecule has 0 radical (unpaired) electrons. The largest absolute Gasteiger partial charge is 0.490 e. The van der Waals surface area contributed by atoms with E-state index in [4.69, 9.17) is 9.47 Å². The zero-order chi connectivity index (χ0) is 19.4. The van der Waals surface area contributed by atoms with Crippen LogP contribution in [0.4, 0.5) is 4.39 Å². The lowest BCUT2D eigenvalue weighted by atomic mass is 10.1. The van der Waals surface area contributed by atoms with E-state index in [1.54, 1.807) is 18.2 Å². The van der Waals surface area contributed by atoms with Gasteiger partial charge in [-0.1, -0.05) is 12.1 Å². The Balaban J connectivity index is 1.78. The Labute approximate surface area is 159 Å². The van der Waals surface area contributed by atoms with Crippen molar-refractivity contribution in [3.8, 4) is 11.5 Å². The minimum atomic E-state index is -3.76. The first-order chi connectivity index (χ1) is 12.9. The Morgan fingerprint density at radius 3 is 2.56 bits per heavy atom. The van der Waals surface area contributed by atoms with Crippen molar-refractivity contribution in [2.24, 2.45) is 0 Å². The van der Waals surface area contributed by atoms with Crippen LogP contribution in [-0.2, 0) is 10.0 Å². The lowest BCUT2D eigenvalue weighted by molar-refractivity contribution is 0.296. The number of rotatable bonds is 6. The summed E-state index contributed by atoms with van der Waals surface area (Å²) >= 11 is 0. The van der Waals surface area contributed by atoms with Gasteiger partial charge in [0.2, 0.25) is 10.0 Å². The summed E-state index contributed by atoms with van der Waals surface area (Å²) in [5.74, 6) is 0.604. The van der Waals surface area contributed by atoms with Gasteiger partial charge in [-0.3, -0.25) is 0 Å². The molecule has 0 amide bonds.